The van der Waals surface area contributed by atoms with Crippen LogP contribution in [-0.4, -0.2) is 30.0 Å². The van der Waals surface area contributed by atoms with Crippen LogP contribution in [0.4, 0.5) is 0 Å². The molecule has 1 unspecified atom stereocenters. The van der Waals surface area contributed by atoms with Crippen LogP contribution in [0.25, 0.3) is 0 Å². The molecule has 0 aromatic carbocycles. The number of hydrogen-bond donors (Lipinski definition) is 2. The van der Waals surface area contributed by atoms with Crippen molar-refractivity contribution in [3.63, 3.8) is 0 Å². The molecule has 1 atom stereocenters. The monoisotopic (exact) mass is 244 g/mol. The van der Waals surface area contributed by atoms with Gasteiger partial charge in [-0.3, -0.25) is 4.79 Å². The second kappa shape index (κ2) is 6.50. The third-order valence-corrected chi connectivity index (χ3v) is 4.99. The maximum Gasteiger partial charge on any atom is 0.220 e. The van der Waals surface area contributed by atoms with E-state index in [1.807, 2.05) is 11.8 Å². The lowest BCUT2D eigenvalue weighted by molar-refractivity contribution is -0.121. The summed E-state index contributed by atoms with van der Waals surface area (Å²) in [6.45, 7) is 3.59. The highest BCUT2D eigenvalue weighted by molar-refractivity contribution is 8.00. The van der Waals surface area contributed by atoms with Gasteiger partial charge < -0.3 is 11.1 Å². The molecule has 1 aliphatic rings. The lowest BCUT2D eigenvalue weighted by Crippen LogP contribution is -2.45. The van der Waals surface area contributed by atoms with E-state index in [4.69, 9.17) is 5.73 Å². The minimum atomic E-state index is 0.181. The minimum absolute atomic E-state index is 0.181. The third-order valence-electron chi connectivity index (χ3n) is 3.57. The SMILES string of the molecule is CSC1(CNC(=O)CCC(C)CN)CCC1. The maximum atomic E-state index is 11.6. The van der Waals surface area contributed by atoms with Gasteiger partial charge in [0.2, 0.25) is 5.91 Å². The van der Waals surface area contributed by atoms with Crippen LogP contribution >= 0.6 is 11.8 Å². The second-order valence-electron chi connectivity index (χ2n) is 4.90. The van der Waals surface area contributed by atoms with E-state index in [-0.39, 0.29) is 5.91 Å². The van der Waals surface area contributed by atoms with E-state index >= 15 is 0 Å². The molecule has 4 heteroatoms. The molecular formula is C12H24N2OS. The van der Waals surface area contributed by atoms with E-state index < -0.39 is 0 Å². The molecule has 1 rings (SSSR count). The van der Waals surface area contributed by atoms with Gasteiger partial charge in [-0.1, -0.05) is 13.3 Å². The highest BCUT2D eigenvalue weighted by atomic mass is 32.2. The Kier molecular flexibility index (Phi) is 5.62. The van der Waals surface area contributed by atoms with Gasteiger partial charge in [0.15, 0.2) is 0 Å². The van der Waals surface area contributed by atoms with Crippen molar-refractivity contribution in [2.24, 2.45) is 11.7 Å². The van der Waals surface area contributed by atoms with Gasteiger partial charge in [0.1, 0.15) is 0 Å². The van der Waals surface area contributed by atoms with Gasteiger partial charge in [-0.25, -0.2) is 0 Å². The van der Waals surface area contributed by atoms with Crippen LogP contribution in [-0.2, 0) is 4.79 Å². The third kappa shape index (κ3) is 3.98. The van der Waals surface area contributed by atoms with Crippen molar-refractivity contribution in [2.75, 3.05) is 19.3 Å². The number of nitrogens with two attached hydrogens (primary N) is 1. The minimum Gasteiger partial charge on any atom is -0.355 e. The molecule has 0 heterocycles. The first-order valence-electron chi connectivity index (χ1n) is 6.14. The quantitative estimate of drug-likeness (QED) is 0.717. The predicted octanol–water partition coefficient (Wildman–Crippen LogP) is 1.76. The summed E-state index contributed by atoms with van der Waals surface area (Å²) in [6, 6.07) is 0. The van der Waals surface area contributed by atoms with Gasteiger partial charge in [-0.2, -0.15) is 11.8 Å². The van der Waals surface area contributed by atoms with E-state index in [1.165, 1.54) is 19.3 Å². The summed E-state index contributed by atoms with van der Waals surface area (Å²) < 4.78 is 0.342. The highest BCUT2D eigenvalue weighted by Crippen LogP contribution is 2.42. The second-order valence-corrected chi connectivity index (χ2v) is 6.17. The molecule has 1 fully saturated rings. The van der Waals surface area contributed by atoms with E-state index in [9.17, 15) is 4.79 Å². The maximum absolute atomic E-state index is 11.6. The van der Waals surface area contributed by atoms with Gasteiger partial charge in [0, 0.05) is 17.7 Å². The number of hydrogen-bond acceptors (Lipinski definition) is 3. The number of amides is 1. The van der Waals surface area contributed by atoms with E-state index in [0.717, 1.165) is 13.0 Å². The zero-order valence-electron chi connectivity index (χ0n) is 10.4. The zero-order valence-corrected chi connectivity index (χ0v) is 11.2. The molecule has 0 saturated heterocycles. The van der Waals surface area contributed by atoms with Crippen LogP contribution < -0.4 is 11.1 Å². The largest absolute Gasteiger partial charge is 0.355 e. The standard InChI is InChI=1S/C12H24N2OS/c1-10(8-13)4-5-11(15)14-9-12(16-2)6-3-7-12/h10H,3-9,13H2,1-2H3,(H,14,15). The van der Waals surface area contributed by atoms with Gasteiger partial charge >= 0.3 is 0 Å². The van der Waals surface area contributed by atoms with Crippen LogP contribution in [0, 0.1) is 5.92 Å². The summed E-state index contributed by atoms with van der Waals surface area (Å²) in [5, 5.41) is 3.06. The van der Waals surface area contributed by atoms with Gasteiger partial charge in [0.05, 0.1) is 0 Å². The first kappa shape index (κ1) is 13.8. The Morgan fingerprint density at radius 2 is 2.25 bits per heavy atom. The molecule has 94 valence electrons. The lowest BCUT2D eigenvalue weighted by Gasteiger charge is -2.40. The topological polar surface area (TPSA) is 55.1 Å². The van der Waals surface area contributed by atoms with Gasteiger partial charge in [-0.05, 0) is 38.0 Å². The number of nitrogens with one attached hydrogen (secondary N) is 1. The van der Waals surface area contributed by atoms with E-state index in [1.54, 1.807) is 0 Å². The smallest absolute Gasteiger partial charge is 0.220 e. The summed E-state index contributed by atoms with van der Waals surface area (Å²) >= 11 is 1.90. The predicted molar refractivity (Wildman–Crippen MR) is 70.6 cm³/mol. The van der Waals surface area contributed by atoms with Crippen molar-refractivity contribution in [2.45, 2.75) is 43.8 Å². The molecule has 0 aliphatic heterocycles. The molecule has 1 saturated carbocycles. The summed E-state index contributed by atoms with van der Waals surface area (Å²) in [7, 11) is 0. The molecule has 0 bridgehead atoms. The molecule has 1 amide bonds. The Bertz CT molecular complexity index is 224. The lowest BCUT2D eigenvalue weighted by atomic mass is 9.84. The Hall–Kier alpha value is -0.220. The molecule has 0 radical (unpaired) electrons. The average Bonchev–Trinajstić information content (AvgIpc) is 2.25. The Labute approximate surface area is 103 Å². The van der Waals surface area contributed by atoms with E-state index in [2.05, 4.69) is 18.5 Å². The summed E-state index contributed by atoms with van der Waals surface area (Å²) in [4.78, 5) is 11.6. The average molecular weight is 244 g/mol. The van der Waals surface area contributed by atoms with Crippen LogP contribution in [0.15, 0.2) is 0 Å². The fourth-order valence-electron chi connectivity index (χ4n) is 1.87. The zero-order chi connectivity index (χ0) is 12.0. The molecule has 0 spiro atoms. The number of carbonyl (C=O) groups excluding carboxylic acids is 1. The van der Waals surface area contributed by atoms with Crippen molar-refractivity contribution in [1.29, 1.82) is 0 Å². The molecular weight excluding hydrogens is 220 g/mol. The summed E-state index contributed by atoms with van der Waals surface area (Å²) in [5.41, 5.74) is 5.52. The van der Waals surface area contributed by atoms with E-state index in [0.29, 0.717) is 23.6 Å². The van der Waals surface area contributed by atoms with Gasteiger partial charge in [-0.15, -0.1) is 0 Å². The normalized spacial score (nSPS) is 19.9. The van der Waals surface area contributed by atoms with Crippen molar-refractivity contribution in [1.82, 2.24) is 5.32 Å². The van der Waals surface area contributed by atoms with Crippen LogP contribution in [0.2, 0.25) is 0 Å². The molecule has 1 aliphatic carbocycles. The first-order chi connectivity index (χ1) is 7.62. The number of carbonyl (C=O) groups is 1. The van der Waals surface area contributed by atoms with Crippen molar-refractivity contribution in [3.05, 3.63) is 0 Å². The van der Waals surface area contributed by atoms with Crippen LogP contribution in [0.3, 0.4) is 0 Å². The molecule has 16 heavy (non-hydrogen) atoms. The molecule has 0 aromatic heterocycles. The highest BCUT2D eigenvalue weighted by Gasteiger charge is 2.36. The molecule has 3 nitrogen and oxygen atoms in total. The molecule has 0 aromatic rings. The fourth-order valence-corrected chi connectivity index (χ4v) is 2.78. The van der Waals surface area contributed by atoms with Crippen LogP contribution in [0.1, 0.15) is 39.0 Å². The number of thioether (sulfide) groups is 1. The van der Waals surface area contributed by atoms with Crippen molar-refractivity contribution >= 4 is 17.7 Å². The summed E-state index contributed by atoms with van der Waals surface area (Å²) in [5.74, 6) is 0.629. The van der Waals surface area contributed by atoms with Crippen LogP contribution in [0.5, 0.6) is 0 Å². The number of rotatable bonds is 7. The van der Waals surface area contributed by atoms with Crippen molar-refractivity contribution in [3.8, 4) is 0 Å². The fraction of sp³-hybridized carbons (Fsp3) is 0.917. The van der Waals surface area contributed by atoms with Gasteiger partial charge in [0.25, 0.3) is 0 Å². The Morgan fingerprint density at radius 1 is 1.56 bits per heavy atom. The molecule has 3 N–H and O–H groups in total. The Morgan fingerprint density at radius 3 is 2.69 bits per heavy atom. The van der Waals surface area contributed by atoms with Crippen molar-refractivity contribution < 1.29 is 4.79 Å². The Balaban J connectivity index is 2.14. The summed E-state index contributed by atoms with van der Waals surface area (Å²) in [6.07, 6.45) is 7.45. The first-order valence-corrected chi connectivity index (χ1v) is 7.36.